The molecule has 0 amide bonds. The Morgan fingerprint density at radius 2 is 1.89 bits per heavy atom. The number of rotatable bonds is 9. The summed E-state index contributed by atoms with van der Waals surface area (Å²) < 4.78 is 20.4. The van der Waals surface area contributed by atoms with E-state index in [4.69, 9.17) is 29.3 Å². The van der Waals surface area contributed by atoms with E-state index in [9.17, 15) is 0 Å². The van der Waals surface area contributed by atoms with Gasteiger partial charge in [-0.25, -0.2) is 14.6 Å². The van der Waals surface area contributed by atoms with Gasteiger partial charge in [-0.15, -0.1) is 0 Å². The maximum Gasteiger partial charge on any atom is 0.164 e. The Balaban J connectivity index is 1.70. The van der Waals surface area contributed by atoms with E-state index in [1.807, 2.05) is 16.8 Å². The minimum Gasteiger partial charge on any atom is -0.381 e. The van der Waals surface area contributed by atoms with E-state index in [0.29, 0.717) is 26.4 Å². The molecule has 0 spiro atoms. The van der Waals surface area contributed by atoms with Crippen LogP contribution in [-0.2, 0) is 27.4 Å². The fraction of sp³-hybridized carbons (Fsp3) is 0.393. The fourth-order valence-electron chi connectivity index (χ4n) is 4.73. The number of imidazole rings is 1. The molecule has 1 aromatic carbocycles. The normalized spacial score (nSPS) is 14.3. The first-order valence-corrected chi connectivity index (χ1v) is 12.7. The van der Waals surface area contributed by atoms with Crippen LogP contribution in [0.15, 0.2) is 42.5 Å². The van der Waals surface area contributed by atoms with Gasteiger partial charge in [0, 0.05) is 45.5 Å². The van der Waals surface area contributed by atoms with E-state index < -0.39 is 0 Å². The number of hydrogen-bond donors (Lipinski definition) is 0. The number of nitrogens with zero attached hydrogens (tertiary/aromatic N) is 6. The van der Waals surface area contributed by atoms with Crippen molar-refractivity contribution in [2.24, 2.45) is 0 Å². The van der Waals surface area contributed by atoms with E-state index in [-0.39, 0.29) is 0 Å². The van der Waals surface area contributed by atoms with Crippen LogP contribution < -0.4 is 4.90 Å². The number of pyridine rings is 1. The van der Waals surface area contributed by atoms with Crippen LogP contribution in [0.4, 0.5) is 5.69 Å². The Morgan fingerprint density at radius 1 is 1.05 bits per heavy atom. The van der Waals surface area contributed by atoms with Crippen molar-refractivity contribution in [3.63, 3.8) is 0 Å². The minimum atomic E-state index is 0.420. The largest absolute Gasteiger partial charge is 0.381 e. The summed E-state index contributed by atoms with van der Waals surface area (Å²) in [5.74, 6) is 1.59. The van der Waals surface area contributed by atoms with Crippen LogP contribution >= 0.6 is 0 Å². The minimum absolute atomic E-state index is 0.420. The first-order chi connectivity index (χ1) is 18.1. The molecule has 1 fully saturated rings. The summed E-state index contributed by atoms with van der Waals surface area (Å²) in [6.07, 6.45) is 3.97. The maximum absolute atomic E-state index is 5.63. The Labute approximate surface area is 217 Å². The number of benzene rings is 1. The van der Waals surface area contributed by atoms with Crippen molar-refractivity contribution in [3.8, 4) is 17.1 Å². The van der Waals surface area contributed by atoms with E-state index in [1.165, 1.54) is 5.56 Å². The van der Waals surface area contributed by atoms with Gasteiger partial charge in [-0.05, 0) is 32.1 Å². The lowest BCUT2D eigenvalue weighted by Crippen LogP contribution is -2.36. The molecule has 4 heterocycles. The van der Waals surface area contributed by atoms with Crippen molar-refractivity contribution in [2.45, 2.75) is 27.0 Å². The number of anilines is 1. The molecule has 9 nitrogen and oxygen atoms in total. The zero-order chi connectivity index (χ0) is 25.8. The molecule has 0 N–H and O–H groups in total. The Kier molecular flexibility index (Phi) is 7.64. The summed E-state index contributed by atoms with van der Waals surface area (Å²) in [6.45, 7) is 8.84. The molecule has 4 aromatic rings. The summed E-state index contributed by atoms with van der Waals surface area (Å²) >= 11 is 0. The molecule has 37 heavy (non-hydrogen) atoms. The number of fused-ring (bicyclic) bond motifs is 1. The first-order valence-electron chi connectivity index (χ1n) is 12.7. The highest BCUT2D eigenvalue weighted by molar-refractivity contribution is 5.89. The van der Waals surface area contributed by atoms with Gasteiger partial charge in [0.2, 0.25) is 0 Å². The highest BCUT2D eigenvalue weighted by Gasteiger charge is 2.23. The van der Waals surface area contributed by atoms with Crippen LogP contribution in [0.1, 0.15) is 24.0 Å². The molecule has 0 radical (unpaired) electrons. The second-order valence-corrected chi connectivity index (χ2v) is 9.08. The van der Waals surface area contributed by atoms with Crippen LogP contribution in [0.25, 0.3) is 34.3 Å². The lowest BCUT2D eigenvalue weighted by Gasteiger charge is -2.29. The van der Waals surface area contributed by atoms with Crippen molar-refractivity contribution in [3.05, 3.63) is 59.6 Å². The van der Waals surface area contributed by atoms with Gasteiger partial charge >= 0.3 is 0 Å². The number of methoxy groups -OCH3 is 2. The molecule has 0 unspecified atom stereocenters. The average molecular weight is 503 g/mol. The van der Waals surface area contributed by atoms with Crippen LogP contribution in [0.2, 0.25) is 0 Å². The van der Waals surface area contributed by atoms with E-state index in [1.54, 1.807) is 14.2 Å². The second-order valence-electron chi connectivity index (χ2n) is 9.08. The van der Waals surface area contributed by atoms with Crippen molar-refractivity contribution in [1.29, 1.82) is 0 Å². The van der Waals surface area contributed by atoms with Crippen LogP contribution in [0.5, 0.6) is 0 Å². The molecule has 5 rings (SSSR count). The van der Waals surface area contributed by atoms with Crippen molar-refractivity contribution >= 4 is 22.9 Å². The predicted molar refractivity (Wildman–Crippen MR) is 145 cm³/mol. The number of hydrogen-bond acceptors (Lipinski definition) is 7. The summed E-state index contributed by atoms with van der Waals surface area (Å²) in [5, 5.41) is 5.00. The SMILES string of the molecule is CCn1c(C=CCOC)nc2c(N3CCOCC3)cc(-n3nc(-c4cccc(C)c4)cc3COC)nc21. The molecular formula is C28H34N6O3. The fourth-order valence-corrected chi connectivity index (χ4v) is 4.73. The van der Waals surface area contributed by atoms with Crippen LogP contribution in [0, 0.1) is 6.92 Å². The molecule has 9 heteroatoms. The molecule has 0 aliphatic carbocycles. The molecule has 0 atom stereocenters. The molecular weight excluding hydrogens is 468 g/mol. The van der Waals surface area contributed by atoms with Gasteiger partial charge in [-0.1, -0.05) is 29.8 Å². The highest BCUT2D eigenvalue weighted by Crippen LogP contribution is 2.31. The topological polar surface area (TPSA) is 79.5 Å². The summed E-state index contributed by atoms with van der Waals surface area (Å²) in [5.41, 5.74) is 6.82. The lowest BCUT2D eigenvalue weighted by molar-refractivity contribution is 0.123. The van der Waals surface area contributed by atoms with Gasteiger partial charge in [0.15, 0.2) is 11.5 Å². The van der Waals surface area contributed by atoms with Crippen molar-refractivity contribution in [1.82, 2.24) is 24.3 Å². The quantitative estimate of drug-likeness (QED) is 0.338. The zero-order valence-corrected chi connectivity index (χ0v) is 22.0. The molecule has 0 saturated carbocycles. The van der Waals surface area contributed by atoms with Crippen molar-refractivity contribution < 1.29 is 14.2 Å². The smallest absolute Gasteiger partial charge is 0.164 e. The van der Waals surface area contributed by atoms with Crippen LogP contribution in [0.3, 0.4) is 0 Å². The third-order valence-electron chi connectivity index (χ3n) is 6.50. The van der Waals surface area contributed by atoms with E-state index in [2.05, 4.69) is 59.7 Å². The van der Waals surface area contributed by atoms with Crippen LogP contribution in [-0.4, -0.2) is 71.4 Å². The van der Waals surface area contributed by atoms with Gasteiger partial charge in [0.25, 0.3) is 0 Å². The van der Waals surface area contributed by atoms with E-state index in [0.717, 1.165) is 65.1 Å². The molecule has 1 saturated heterocycles. The number of morpholine rings is 1. The zero-order valence-electron chi connectivity index (χ0n) is 22.0. The second kappa shape index (κ2) is 11.2. The summed E-state index contributed by atoms with van der Waals surface area (Å²) in [6, 6.07) is 12.5. The number of aromatic nitrogens is 5. The average Bonchev–Trinajstić information content (AvgIpc) is 3.50. The summed E-state index contributed by atoms with van der Waals surface area (Å²) in [4.78, 5) is 12.4. The first kappa shape index (κ1) is 25.1. The molecule has 0 bridgehead atoms. The number of ether oxygens (including phenoxy) is 3. The van der Waals surface area contributed by atoms with Crippen molar-refractivity contribution in [2.75, 3.05) is 52.0 Å². The van der Waals surface area contributed by atoms with Gasteiger partial charge in [0.05, 0.1) is 43.5 Å². The number of aryl methyl sites for hydroxylation is 2. The third-order valence-corrected chi connectivity index (χ3v) is 6.50. The van der Waals surface area contributed by atoms with E-state index >= 15 is 0 Å². The molecule has 1 aliphatic heterocycles. The van der Waals surface area contributed by atoms with Gasteiger partial charge in [-0.3, -0.25) is 0 Å². The summed E-state index contributed by atoms with van der Waals surface area (Å²) in [7, 11) is 3.38. The standard InChI is InChI=1S/C28H34N6O3/c1-5-33-25(10-7-13-35-3)29-27-24(32-11-14-37-15-12-32)18-26(30-28(27)33)34-22(19-36-4)17-23(31-34)21-9-6-8-20(2)16-21/h6-10,16-18H,5,11-15,19H2,1-4H3. The molecule has 3 aromatic heterocycles. The maximum atomic E-state index is 5.63. The lowest BCUT2D eigenvalue weighted by atomic mass is 10.1. The monoisotopic (exact) mass is 502 g/mol. The third kappa shape index (κ3) is 5.16. The Bertz CT molecular complexity index is 1400. The van der Waals surface area contributed by atoms with Gasteiger partial charge in [-0.2, -0.15) is 5.10 Å². The highest BCUT2D eigenvalue weighted by atomic mass is 16.5. The molecule has 1 aliphatic rings. The Morgan fingerprint density at radius 3 is 2.62 bits per heavy atom. The molecule has 194 valence electrons. The Hall–Kier alpha value is -3.53. The predicted octanol–water partition coefficient (Wildman–Crippen LogP) is 4.25. The van der Waals surface area contributed by atoms with Gasteiger partial charge in [0.1, 0.15) is 11.3 Å². The van der Waals surface area contributed by atoms with Gasteiger partial charge < -0.3 is 23.7 Å².